The van der Waals surface area contributed by atoms with E-state index in [4.69, 9.17) is 0 Å². The van der Waals surface area contributed by atoms with Crippen molar-refractivity contribution in [3.05, 3.63) is 11.9 Å². The number of anilines is 1. The minimum atomic E-state index is -2.87. The fourth-order valence-electron chi connectivity index (χ4n) is 2.39. The van der Waals surface area contributed by atoms with Crippen LogP contribution in [0.3, 0.4) is 0 Å². The van der Waals surface area contributed by atoms with Crippen molar-refractivity contribution in [2.75, 3.05) is 16.8 Å². The maximum Gasteiger partial charge on any atom is 0.203 e. The van der Waals surface area contributed by atoms with Gasteiger partial charge in [-0.05, 0) is 26.2 Å². The van der Waals surface area contributed by atoms with Gasteiger partial charge in [0.05, 0.1) is 17.2 Å². The van der Waals surface area contributed by atoms with Crippen LogP contribution < -0.4 is 5.32 Å². The van der Waals surface area contributed by atoms with Crippen LogP contribution >= 0.6 is 0 Å². The Balaban J connectivity index is 2.09. The van der Waals surface area contributed by atoms with Crippen molar-refractivity contribution in [2.45, 2.75) is 45.7 Å². The van der Waals surface area contributed by atoms with E-state index in [2.05, 4.69) is 21.8 Å². The van der Waals surface area contributed by atoms with Crippen LogP contribution in [0.5, 0.6) is 0 Å². The van der Waals surface area contributed by atoms with Crippen molar-refractivity contribution in [1.82, 2.24) is 9.55 Å². The van der Waals surface area contributed by atoms with Crippen molar-refractivity contribution in [3.63, 3.8) is 0 Å². The first-order chi connectivity index (χ1) is 8.50. The lowest BCUT2D eigenvalue weighted by Crippen LogP contribution is -2.35. The molecular formula is C12H21N3O2S. The molecule has 1 aromatic heterocycles. The smallest absolute Gasteiger partial charge is 0.203 e. The average Bonchev–Trinajstić information content (AvgIpc) is 2.58. The number of aryl methyl sites for hydroxylation is 2. The summed E-state index contributed by atoms with van der Waals surface area (Å²) in [6.07, 6.45) is 4.68. The molecule has 1 aliphatic rings. The van der Waals surface area contributed by atoms with E-state index in [1.54, 1.807) is 0 Å². The number of nitrogens with zero attached hydrogens (tertiary/aromatic N) is 2. The molecule has 0 amide bonds. The fourth-order valence-corrected chi connectivity index (χ4v) is 4.03. The van der Waals surface area contributed by atoms with Crippen LogP contribution in [-0.2, 0) is 16.4 Å². The zero-order chi connectivity index (χ0) is 13.2. The predicted molar refractivity (Wildman–Crippen MR) is 72.6 cm³/mol. The SMILES string of the molecule is CCCn1cc(C)nc1NC1CCCS(=O)(=O)C1. The summed E-state index contributed by atoms with van der Waals surface area (Å²) >= 11 is 0. The molecule has 0 radical (unpaired) electrons. The van der Waals surface area contributed by atoms with Crippen LogP contribution in [0.25, 0.3) is 0 Å². The topological polar surface area (TPSA) is 64.0 Å². The minimum absolute atomic E-state index is 0.00107. The first-order valence-corrected chi connectivity index (χ1v) is 8.33. The summed E-state index contributed by atoms with van der Waals surface area (Å²) in [5.74, 6) is 1.36. The number of hydrogen-bond acceptors (Lipinski definition) is 4. The molecule has 2 heterocycles. The van der Waals surface area contributed by atoms with Crippen LogP contribution in [0.15, 0.2) is 6.20 Å². The second-order valence-electron chi connectivity index (χ2n) is 5.00. The highest BCUT2D eigenvalue weighted by Gasteiger charge is 2.25. The monoisotopic (exact) mass is 271 g/mol. The molecule has 1 atom stereocenters. The van der Waals surface area contributed by atoms with Gasteiger partial charge in [-0.3, -0.25) is 0 Å². The van der Waals surface area contributed by atoms with Crippen LogP contribution in [0.2, 0.25) is 0 Å². The molecule has 0 aromatic carbocycles. The van der Waals surface area contributed by atoms with Crippen LogP contribution in [-0.4, -0.2) is 35.5 Å². The quantitative estimate of drug-likeness (QED) is 0.903. The van der Waals surface area contributed by atoms with Crippen LogP contribution in [0.1, 0.15) is 31.9 Å². The summed E-state index contributed by atoms with van der Waals surface area (Å²) < 4.78 is 25.3. The Morgan fingerprint density at radius 3 is 3.00 bits per heavy atom. The van der Waals surface area contributed by atoms with Crippen molar-refractivity contribution < 1.29 is 8.42 Å². The van der Waals surface area contributed by atoms with E-state index < -0.39 is 9.84 Å². The van der Waals surface area contributed by atoms with Gasteiger partial charge in [-0.15, -0.1) is 0 Å². The van der Waals surface area contributed by atoms with E-state index in [9.17, 15) is 8.42 Å². The van der Waals surface area contributed by atoms with Crippen molar-refractivity contribution >= 4 is 15.8 Å². The van der Waals surface area contributed by atoms with Crippen molar-refractivity contribution in [3.8, 4) is 0 Å². The van der Waals surface area contributed by atoms with E-state index in [1.165, 1.54) is 0 Å². The van der Waals surface area contributed by atoms with Crippen molar-refractivity contribution in [1.29, 1.82) is 0 Å². The van der Waals surface area contributed by atoms with Gasteiger partial charge in [-0.2, -0.15) is 0 Å². The van der Waals surface area contributed by atoms with Crippen molar-refractivity contribution in [2.24, 2.45) is 0 Å². The molecule has 0 spiro atoms. The van der Waals surface area contributed by atoms with Gasteiger partial charge in [0.2, 0.25) is 5.95 Å². The second-order valence-corrected chi connectivity index (χ2v) is 7.23. The summed E-state index contributed by atoms with van der Waals surface area (Å²) in [6.45, 7) is 4.97. The highest BCUT2D eigenvalue weighted by atomic mass is 32.2. The Kier molecular flexibility index (Phi) is 3.94. The van der Waals surface area contributed by atoms with Gasteiger partial charge in [0.15, 0.2) is 9.84 Å². The Hall–Kier alpha value is -1.04. The van der Waals surface area contributed by atoms with Crippen LogP contribution in [0.4, 0.5) is 5.95 Å². The number of sulfone groups is 1. The average molecular weight is 271 g/mol. The van der Waals surface area contributed by atoms with Gasteiger partial charge >= 0.3 is 0 Å². The molecule has 1 unspecified atom stereocenters. The maximum absolute atomic E-state index is 11.6. The normalized spacial score (nSPS) is 22.9. The first kappa shape index (κ1) is 13.4. The summed E-state index contributed by atoms with van der Waals surface area (Å²) in [4.78, 5) is 4.43. The number of hydrogen-bond donors (Lipinski definition) is 1. The van der Waals surface area contributed by atoms with E-state index in [-0.39, 0.29) is 11.8 Å². The maximum atomic E-state index is 11.6. The van der Waals surface area contributed by atoms with E-state index in [0.29, 0.717) is 5.75 Å². The van der Waals surface area contributed by atoms with Gasteiger partial charge in [-0.25, -0.2) is 13.4 Å². The lowest BCUT2D eigenvalue weighted by molar-refractivity contribution is 0.558. The minimum Gasteiger partial charge on any atom is -0.352 e. The Morgan fingerprint density at radius 2 is 2.33 bits per heavy atom. The molecule has 0 saturated carbocycles. The highest BCUT2D eigenvalue weighted by Crippen LogP contribution is 2.17. The molecule has 102 valence electrons. The van der Waals surface area contributed by atoms with Gasteiger partial charge in [-0.1, -0.05) is 6.92 Å². The summed E-state index contributed by atoms with van der Waals surface area (Å²) in [6, 6.07) is 0.00107. The van der Waals surface area contributed by atoms with E-state index in [1.807, 2.05) is 13.1 Å². The number of rotatable bonds is 4. The predicted octanol–water partition coefficient (Wildman–Crippen LogP) is 1.59. The lowest BCUT2D eigenvalue weighted by atomic mass is 10.2. The third kappa shape index (κ3) is 3.25. The summed E-state index contributed by atoms with van der Waals surface area (Å²) in [7, 11) is -2.87. The molecule has 6 heteroatoms. The molecule has 1 N–H and O–H groups in total. The molecular weight excluding hydrogens is 250 g/mol. The largest absolute Gasteiger partial charge is 0.352 e. The Morgan fingerprint density at radius 1 is 1.56 bits per heavy atom. The summed E-state index contributed by atoms with van der Waals surface area (Å²) in [5.41, 5.74) is 0.963. The molecule has 0 bridgehead atoms. The van der Waals surface area contributed by atoms with Crippen LogP contribution in [0, 0.1) is 6.92 Å². The first-order valence-electron chi connectivity index (χ1n) is 6.51. The highest BCUT2D eigenvalue weighted by molar-refractivity contribution is 7.91. The molecule has 1 fully saturated rings. The zero-order valence-corrected chi connectivity index (χ0v) is 11.8. The molecule has 1 saturated heterocycles. The van der Waals surface area contributed by atoms with Gasteiger partial charge in [0, 0.05) is 18.8 Å². The Labute approximate surface area is 109 Å². The van der Waals surface area contributed by atoms with Gasteiger partial charge < -0.3 is 9.88 Å². The molecule has 18 heavy (non-hydrogen) atoms. The number of aromatic nitrogens is 2. The third-order valence-corrected chi connectivity index (χ3v) is 4.98. The van der Waals surface area contributed by atoms with E-state index in [0.717, 1.165) is 37.4 Å². The standard InChI is InChI=1S/C12H21N3O2S/c1-3-6-15-8-10(2)13-12(15)14-11-5-4-7-18(16,17)9-11/h8,11H,3-7,9H2,1-2H3,(H,13,14). The van der Waals surface area contributed by atoms with Gasteiger partial charge in [0.1, 0.15) is 0 Å². The zero-order valence-electron chi connectivity index (χ0n) is 11.0. The number of nitrogens with one attached hydrogen (secondary N) is 1. The van der Waals surface area contributed by atoms with Gasteiger partial charge in [0.25, 0.3) is 0 Å². The fraction of sp³-hybridized carbons (Fsp3) is 0.750. The molecule has 5 nitrogen and oxygen atoms in total. The summed E-state index contributed by atoms with van der Waals surface area (Å²) in [5, 5.41) is 3.28. The third-order valence-electron chi connectivity index (χ3n) is 3.16. The Bertz CT molecular complexity index is 507. The molecule has 1 aliphatic heterocycles. The number of imidazole rings is 1. The second kappa shape index (κ2) is 5.30. The van der Waals surface area contributed by atoms with E-state index >= 15 is 0 Å². The molecule has 2 rings (SSSR count). The molecule has 1 aromatic rings. The lowest BCUT2D eigenvalue weighted by Gasteiger charge is -2.23. The molecule has 0 aliphatic carbocycles.